The van der Waals surface area contributed by atoms with Crippen molar-refractivity contribution in [2.24, 2.45) is 0 Å². The molecule has 1 aromatic heterocycles. The minimum Gasteiger partial charge on any atom is -0.383 e. The minimum absolute atomic E-state index is 0.124. The third kappa shape index (κ3) is 4.12. The second-order valence-corrected chi connectivity index (χ2v) is 3.40. The van der Waals surface area contributed by atoms with Crippen LogP contribution in [0.5, 0.6) is 0 Å². The fourth-order valence-corrected chi connectivity index (χ4v) is 1.36. The van der Waals surface area contributed by atoms with Gasteiger partial charge in [0.1, 0.15) is 11.6 Å². The van der Waals surface area contributed by atoms with E-state index in [0.29, 0.717) is 37.8 Å². The molecule has 0 aliphatic heterocycles. The van der Waals surface area contributed by atoms with Crippen LogP contribution in [0.2, 0.25) is 0 Å². The first-order valence-corrected chi connectivity index (χ1v) is 5.18. The lowest BCUT2D eigenvalue weighted by Crippen LogP contribution is -2.29. The van der Waals surface area contributed by atoms with Gasteiger partial charge in [0, 0.05) is 26.3 Å². The van der Waals surface area contributed by atoms with E-state index < -0.39 is 0 Å². The van der Waals surface area contributed by atoms with Gasteiger partial charge in [-0.05, 0) is 0 Å². The standard InChI is InChI=1S/C10H16N6O/c1-17-6-5-16(4-2-3-11)9-7-8(12)14-10(13)15-9/h7H,2,4-6H2,1H3,(H4,12,13,14,15). The largest absolute Gasteiger partial charge is 0.383 e. The van der Waals surface area contributed by atoms with E-state index in [1.807, 2.05) is 4.90 Å². The van der Waals surface area contributed by atoms with Crippen LogP contribution in [0, 0.1) is 11.3 Å². The van der Waals surface area contributed by atoms with Crippen molar-refractivity contribution >= 4 is 17.6 Å². The summed E-state index contributed by atoms with van der Waals surface area (Å²) in [6.45, 7) is 1.71. The maximum Gasteiger partial charge on any atom is 0.223 e. The summed E-state index contributed by atoms with van der Waals surface area (Å²) in [5, 5.41) is 8.61. The van der Waals surface area contributed by atoms with Crippen LogP contribution in [-0.4, -0.2) is 36.8 Å². The molecular formula is C10H16N6O. The van der Waals surface area contributed by atoms with Crippen molar-refractivity contribution in [3.8, 4) is 6.07 Å². The van der Waals surface area contributed by atoms with E-state index >= 15 is 0 Å². The van der Waals surface area contributed by atoms with Crippen LogP contribution in [0.25, 0.3) is 0 Å². The van der Waals surface area contributed by atoms with Gasteiger partial charge in [0.2, 0.25) is 5.95 Å². The normalized spacial score (nSPS) is 9.88. The molecule has 0 aliphatic carbocycles. The predicted octanol–water partition coefficient (Wildman–Crippen LogP) is 0.00748. The summed E-state index contributed by atoms with van der Waals surface area (Å²) in [6.07, 6.45) is 0.396. The fraction of sp³-hybridized carbons (Fsp3) is 0.500. The third-order valence-corrected chi connectivity index (χ3v) is 2.13. The highest BCUT2D eigenvalue weighted by Crippen LogP contribution is 2.15. The average molecular weight is 236 g/mol. The van der Waals surface area contributed by atoms with Crippen LogP contribution in [0.4, 0.5) is 17.6 Å². The van der Waals surface area contributed by atoms with E-state index in [9.17, 15) is 0 Å². The van der Waals surface area contributed by atoms with Crippen LogP contribution < -0.4 is 16.4 Å². The summed E-state index contributed by atoms with van der Waals surface area (Å²) >= 11 is 0. The van der Waals surface area contributed by atoms with Gasteiger partial charge < -0.3 is 21.1 Å². The quantitative estimate of drug-likeness (QED) is 0.714. The highest BCUT2D eigenvalue weighted by atomic mass is 16.5. The summed E-state index contributed by atoms with van der Waals surface area (Å²) in [5.41, 5.74) is 11.1. The fourth-order valence-electron chi connectivity index (χ4n) is 1.36. The molecule has 1 rings (SSSR count). The topological polar surface area (TPSA) is 114 Å². The molecule has 0 aliphatic rings. The number of ether oxygens (including phenoxy) is 1. The molecule has 0 saturated carbocycles. The molecule has 0 unspecified atom stereocenters. The third-order valence-electron chi connectivity index (χ3n) is 2.13. The summed E-state index contributed by atoms with van der Waals surface area (Å²) in [5.74, 6) is 1.05. The lowest BCUT2D eigenvalue weighted by Gasteiger charge is -2.22. The van der Waals surface area contributed by atoms with Crippen LogP contribution in [0.3, 0.4) is 0 Å². The number of hydrogen-bond acceptors (Lipinski definition) is 7. The molecule has 0 fully saturated rings. The van der Waals surface area contributed by atoms with Crippen LogP contribution in [0.1, 0.15) is 6.42 Å². The Labute approximate surface area is 100 Å². The van der Waals surface area contributed by atoms with E-state index in [0.717, 1.165) is 0 Å². The monoisotopic (exact) mass is 236 g/mol. The summed E-state index contributed by atoms with van der Waals surface area (Å²) < 4.78 is 5.00. The summed E-state index contributed by atoms with van der Waals surface area (Å²) in [4.78, 5) is 9.78. The first kappa shape index (κ1) is 13.0. The zero-order valence-electron chi connectivity index (χ0n) is 9.76. The van der Waals surface area contributed by atoms with E-state index in [-0.39, 0.29) is 5.95 Å². The van der Waals surface area contributed by atoms with Gasteiger partial charge in [-0.3, -0.25) is 0 Å². The molecule has 0 atom stereocenters. The van der Waals surface area contributed by atoms with E-state index in [1.165, 1.54) is 0 Å². The Balaban J connectivity index is 2.83. The maximum atomic E-state index is 8.61. The average Bonchev–Trinajstić information content (AvgIpc) is 2.28. The van der Waals surface area contributed by atoms with Crippen LogP contribution in [-0.2, 0) is 4.74 Å². The smallest absolute Gasteiger partial charge is 0.223 e. The Kier molecular flexibility index (Phi) is 4.97. The Hall–Kier alpha value is -2.07. The highest BCUT2D eigenvalue weighted by molar-refractivity contribution is 5.50. The van der Waals surface area contributed by atoms with Gasteiger partial charge in [-0.25, -0.2) is 0 Å². The molecular weight excluding hydrogens is 220 g/mol. The van der Waals surface area contributed by atoms with Crippen LogP contribution in [0.15, 0.2) is 6.07 Å². The number of aromatic nitrogens is 2. The van der Waals surface area contributed by atoms with Gasteiger partial charge in [-0.15, -0.1) is 0 Å². The van der Waals surface area contributed by atoms with Crippen molar-refractivity contribution < 1.29 is 4.74 Å². The Morgan fingerprint density at radius 3 is 2.76 bits per heavy atom. The molecule has 0 amide bonds. The molecule has 7 heteroatoms. The molecule has 1 heterocycles. The number of nitriles is 1. The zero-order chi connectivity index (χ0) is 12.7. The van der Waals surface area contributed by atoms with E-state index in [1.54, 1.807) is 13.2 Å². The van der Waals surface area contributed by atoms with Crippen molar-refractivity contribution in [1.82, 2.24) is 9.97 Å². The van der Waals surface area contributed by atoms with Crippen molar-refractivity contribution in [1.29, 1.82) is 5.26 Å². The second-order valence-electron chi connectivity index (χ2n) is 3.40. The van der Waals surface area contributed by atoms with Gasteiger partial charge in [0.25, 0.3) is 0 Å². The molecule has 17 heavy (non-hydrogen) atoms. The molecule has 0 radical (unpaired) electrons. The second kappa shape index (κ2) is 6.50. The van der Waals surface area contributed by atoms with Gasteiger partial charge in [0.05, 0.1) is 19.1 Å². The van der Waals surface area contributed by atoms with E-state index in [2.05, 4.69) is 16.0 Å². The maximum absolute atomic E-state index is 8.61. The number of nitrogens with zero attached hydrogens (tertiary/aromatic N) is 4. The number of nitrogens with two attached hydrogens (primary N) is 2. The SMILES string of the molecule is COCCN(CCC#N)c1cc(N)nc(N)n1. The molecule has 0 spiro atoms. The zero-order valence-corrected chi connectivity index (χ0v) is 9.76. The Bertz CT molecular complexity index is 382. The van der Waals surface area contributed by atoms with Crippen molar-refractivity contribution in [2.75, 3.05) is 43.2 Å². The van der Waals surface area contributed by atoms with Gasteiger partial charge in [0.15, 0.2) is 0 Å². The molecule has 0 aromatic carbocycles. The Morgan fingerprint density at radius 1 is 1.41 bits per heavy atom. The van der Waals surface area contributed by atoms with Gasteiger partial charge >= 0.3 is 0 Å². The number of rotatable bonds is 6. The predicted molar refractivity (Wildman–Crippen MR) is 65.2 cm³/mol. The molecule has 4 N–H and O–H groups in total. The molecule has 1 aromatic rings. The van der Waals surface area contributed by atoms with Crippen molar-refractivity contribution in [2.45, 2.75) is 6.42 Å². The number of methoxy groups -OCH3 is 1. The number of anilines is 3. The molecule has 0 bridgehead atoms. The lowest BCUT2D eigenvalue weighted by atomic mass is 10.3. The number of nitrogen functional groups attached to an aromatic ring is 2. The van der Waals surface area contributed by atoms with Crippen molar-refractivity contribution in [3.05, 3.63) is 6.07 Å². The van der Waals surface area contributed by atoms with E-state index in [4.69, 9.17) is 21.5 Å². The Morgan fingerprint density at radius 2 is 2.18 bits per heavy atom. The summed E-state index contributed by atoms with van der Waals surface area (Å²) in [7, 11) is 1.62. The molecule has 92 valence electrons. The molecule has 0 saturated heterocycles. The van der Waals surface area contributed by atoms with Crippen molar-refractivity contribution in [3.63, 3.8) is 0 Å². The first-order chi connectivity index (χ1) is 8.17. The first-order valence-electron chi connectivity index (χ1n) is 5.18. The van der Waals surface area contributed by atoms with Gasteiger partial charge in [-0.1, -0.05) is 0 Å². The minimum atomic E-state index is 0.124. The van der Waals surface area contributed by atoms with Crippen LogP contribution >= 0.6 is 0 Å². The molecule has 7 nitrogen and oxygen atoms in total. The van der Waals surface area contributed by atoms with Gasteiger partial charge in [-0.2, -0.15) is 15.2 Å². The summed E-state index contributed by atoms with van der Waals surface area (Å²) in [6, 6.07) is 3.71. The lowest BCUT2D eigenvalue weighted by molar-refractivity contribution is 0.205. The highest BCUT2D eigenvalue weighted by Gasteiger charge is 2.09. The number of hydrogen-bond donors (Lipinski definition) is 2.